The number of esters is 2. The molecule has 1 unspecified atom stereocenters. The Morgan fingerprint density at radius 2 is 1.59 bits per heavy atom. The van der Waals surface area contributed by atoms with Crippen molar-refractivity contribution >= 4 is 11.9 Å². The SMILES string of the molecule is CC[C@H]1OC(=O)[C@H](C)[C@@H](O[C@H]2C[C@@](C)(OC)[C@@H](O)[C@H](C)O2)[C@H](C)[C@@H](O[C@@H]2O[C@H](C)C[C@H](N(C)C)[C@H]2OC(C)=O)[C@](C)(O)C[C@@H](C)CN(C)[C@H](C)[C@@H]2OC(N(C)C)O[C@]12C. The predicted molar refractivity (Wildman–Crippen MR) is 219 cm³/mol. The van der Waals surface area contributed by atoms with E-state index in [1.165, 1.54) is 14.0 Å². The third kappa shape index (κ3) is 11.2. The molecule has 0 saturated carbocycles. The lowest BCUT2D eigenvalue weighted by molar-refractivity contribution is -0.318. The van der Waals surface area contributed by atoms with Crippen LogP contribution in [0.5, 0.6) is 0 Å². The quantitative estimate of drug-likeness (QED) is 0.324. The smallest absolute Gasteiger partial charge is 0.311 e. The number of carbonyl (C=O) groups is 2. The maximum absolute atomic E-state index is 14.7. The summed E-state index contributed by atoms with van der Waals surface area (Å²) in [5.41, 5.74) is -3.59. The third-order valence-corrected chi connectivity index (χ3v) is 13.5. The fourth-order valence-corrected chi connectivity index (χ4v) is 9.99. The molecule has 0 aliphatic carbocycles. The first-order chi connectivity index (χ1) is 27.3. The fraction of sp³-hybridized carbons (Fsp3) is 0.953. The van der Waals surface area contributed by atoms with E-state index in [9.17, 15) is 19.8 Å². The molecule has 4 saturated heterocycles. The van der Waals surface area contributed by atoms with Gasteiger partial charge >= 0.3 is 11.9 Å². The van der Waals surface area contributed by atoms with Gasteiger partial charge in [-0.05, 0) is 109 Å². The standard InChI is InChI=1S/C43H79N3O13/c1-18-31-43(11)37(58-40(59-43)45(14)15)27(6)46(16)22-23(2)20-41(9,50)36(57-39-34(54-29(8)47)30(44(12)13)19-24(3)52-39)25(4)33(26(5)38(49)55-31)56-32-21-42(10,51-17)35(48)28(7)53-32/h23-28,30-37,39-40,48,50H,18-22H2,1-17H3/t23-,24-,25+,26-,27-,28+,30+,31-,32+,33+,34-,35+,36-,37+,39+,40?,41-,42-,43-/m1/s1. The molecule has 0 radical (unpaired) electrons. The van der Waals surface area contributed by atoms with E-state index >= 15 is 0 Å². The van der Waals surface area contributed by atoms with Gasteiger partial charge in [0.2, 0.25) is 6.41 Å². The van der Waals surface area contributed by atoms with Crippen LogP contribution in [-0.2, 0) is 52.2 Å². The summed E-state index contributed by atoms with van der Waals surface area (Å²) in [4.78, 5) is 33.3. The van der Waals surface area contributed by atoms with Crippen molar-refractivity contribution in [2.75, 3.05) is 48.9 Å². The van der Waals surface area contributed by atoms with Crippen LogP contribution < -0.4 is 0 Å². The molecule has 16 nitrogen and oxygen atoms in total. The molecule has 59 heavy (non-hydrogen) atoms. The van der Waals surface area contributed by atoms with Gasteiger partial charge in [-0.2, -0.15) is 0 Å². The lowest BCUT2D eigenvalue weighted by Gasteiger charge is -2.49. The van der Waals surface area contributed by atoms with Gasteiger partial charge in [-0.1, -0.05) is 20.8 Å². The molecule has 4 rings (SSSR count). The molecule has 0 bridgehead atoms. The van der Waals surface area contributed by atoms with Gasteiger partial charge in [-0.25, -0.2) is 0 Å². The van der Waals surface area contributed by atoms with Crippen molar-refractivity contribution in [1.82, 2.24) is 14.7 Å². The van der Waals surface area contributed by atoms with Crippen LogP contribution in [0.4, 0.5) is 0 Å². The first-order valence-corrected chi connectivity index (χ1v) is 21.6. The Bertz CT molecular complexity index is 1390. The summed E-state index contributed by atoms with van der Waals surface area (Å²) in [7, 11) is 11.1. The van der Waals surface area contributed by atoms with Crippen molar-refractivity contribution in [3.8, 4) is 0 Å². The van der Waals surface area contributed by atoms with Crippen LogP contribution in [0.3, 0.4) is 0 Å². The molecule has 0 amide bonds. The Kier molecular flexibility index (Phi) is 16.9. The Labute approximate surface area is 353 Å². The molecule has 344 valence electrons. The van der Waals surface area contributed by atoms with E-state index in [1.54, 1.807) is 27.7 Å². The first-order valence-electron chi connectivity index (χ1n) is 21.6. The van der Waals surface area contributed by atoms with Gasteiger partial charge in [-0.15, -0.1) is 0 Å². The molecule has 19 atom stereocenters. The molecule has 4 heterocycles. The summed E-state index contributed by atoms with van der Waals surface area (Å²) in [6.07, 6.45) is -7.12. The number of cyclic esters (lactones) is 1. The molecule has 0 spiro atoms. The van der Waals surface area contributed by atoms with E-state index < -0.39 is 102 Å². The molecule has 4 fully saturated rings. The van der Waals surface area contributed by atoms with Gasteiger partial charge in [0.25, 0.3) is 0 Å². The Balaban J connectivity index is 1.87. The highest BCUT2D eigenvalue weighted by Crippen LogP contribution is 2.43. The molecule has 4 aliphatic rings. The number of aliphatic hydroxyl groups is 2. The molecule has 0 aromatic carbocycles. The number of rotatable bonds is 9. The van der Waals surface area contributed by atoms with Crippen molar-refractivity contribution in [2.45, 2.75) is 199 Å². The second kappa shape index (κ2) is 19.9. The monoisotopic (exact) mass is 846 g/mol. The number of aliphatic hydroxyl groups excluding tert-OH is 1. The number of likely N-dealkylation sites (N-methyl/N-ethyl adjacent to an activating group) is 2. The zero-order valence-corrected chi connectivity index (χ0v) is 39.0. The van der Waals surface area contributed by atoms with Gasteiger partial charge in [0.15, 0.2) is 18.7 Å². The third-order valence-electron chi connectivity index (χ3n) is 13.5. The first kappa shape index (κ1) is 50.1. The molecule has 0 aromatic rings. The van der Waals surface area contributed by atoms with Crippen LogP contribution in [0, 0.1) is 17.8 Å². The van der Waals surface area contributed by atoms with Gasteiger partial charge in [-0.3, -0.25) is 14.5 Å². The van der Waals surface area contributed by atoms with Crippen LogP contribution in [0.25, 0.3) is 0 Å². The van der Waals surface area contributed by atoms with Gasteiger partial charge in [0.1, 0.15) is 23.9 Å². The van der Waals surface area contributed by atoms with Gasteiger partial charge < -0.3 is 62.6 Å². The highest BCUT2D eigenvalue weighted by atomic mass is 16.8. The normalized spacial score (nSPS) is 47.3. The fourth-order valence-electron chi connectivity index (χ4n) is 9.99. The van der Waals surface area contributed by atoms with Crippen molar-refractivity contribution in [3.63, 3.8) is 0 Å². The van der Waals surface area contributed by atoms with Crippen LogP contribution >= 0.6 is 0 Å². The number of ether oxygens (including phenoxy) is 9. The summed E-state index contributed by atoms with van der Waals surface area (Å²) in [5.74, 6) is -2.78. The molecular formula is C43H79N3O13. The Morgan fingerprint density at radius 1 is 0.949 bits per heavy atom. The molecule has 2 N–H and O–H groups in total. The zero-order valence-electron chi connectivity index (χ0n) is 39.0. The largest absolute Gasteiger partial charge is 0.459 e. The summed E-state index contributed by atoms with van der Waals surface area (Å²) in [6, 6.07) is -0.432. The van der Waals surface area contributed by atoms with E-state index in [0.717, 1.165) is 0 Å². The van der Waals surface area contributed by atoms with Crippen LogP contribution in [0.15, 0.2) is 0 Å². The lowest BCUT2D eigenvalue weighted by Crippen LogP contribution is -2.61. The average Bonchev–Trinajstić information content (AvgIpc) is 3.51. The van der Waals surface area contributed by atoms with E-state index in [0.29, 0.717) is 19.4 Å². The van der Waals surface area contributed by atoms with E-state index in [1.807, 2.05) is 72.7 Å². The number of hydrogen-bond acceptors (Lipinski definition) is 16. The van der Waals surface area contributed by atoms with E-state index in [4.69, 9.17) is 42.6 Å². The van der Waals surface area contributed by atoms with Gasteiger partial charge in [0.05, 0.1) is 47.6 Å². The topological polar surface area (TPSA) is 167 Å². The summed E-state index contributed by atoms with van der Waals surface area (Å²) in [5, 5.41) is 23.9. The second-order valence-electron chi connectivity index (χ2n) is 19.2. The van der Waals surface area contributed by atoms with Gasteiger partial charge in [0, 0.05) is 39.0 Å². The summed E-state index contributed by atoms with van der Waals surface area (Å²) < 4.78 is 58.1. The minimum atomic E-state index is -1.55. The van der Waals surface area contributed by atoms with Crippen LogP contribution in [0.2, 0.25) is 0 Å². The maximum Gasteiger partial charge on any atom is 0.311 e. The number of hydrogen-bond donors (Lipinski definition) is 2. The van der Waals surface area contributed by atoms with E-state index in [-0.39, 0.29) is 36.9 Å². The maximum atomic E-state index is 14.7. The predicted octanol–water partition coefficient (Wildman–Crippen LogP) is 3.38. The van der Waals surface area contributed by atoms with Crippen molar-refractivity contribution < 1.29 is 62.4 Å². The Hall–Kier alpha value is -1.54. The van der Waals surface area contributed by atoms with Crippen molar-refractivity contribution in [1.29, 1.82) is 0 Å². The van der Waals surface area contributed by atoms with E-state index in [2.05, 4.69) is 18.7 Å². The minimum Gasteiger partial charge on any atom is -0.459 e. The van der Waals surface area contributed by atoms with Crippen molar-refractivity contribution in [3.05, 3.63) is 0 Å². The number of nitrogens with zero attached hydrogens (tertiary/aromatic N) is 3. The Morgan fingerprint density at radius 3 is 2.15 bits per heavy atom. The molecule has 16 heteroatoms. The number of methoxy groups -OCH3 is 1. The molecular weight excluding hydrogens is 766 g/mol. The summed E-state index contributed by atoms with van der Waals surface area (Å²) in [6.45, 7) is 20.8. The number of fused-ring (bicyclic) bond motifs is 1. The van der Waals surface area contributed by atoms with Crippen LogP contribution in [-0.4, -0.2) is 182 Å². The highest BCUT2D eigenvalue weighted by molar-refractivity contribution is 5.73. The summed E-state index contributed by atoms with van der Waals surface area (Å²) >= 11 is 0. The lowest BCUT2D eigenvalue weighted by atomic mass is 9.77. The van der Waals surface area contributed by atoms with Crippen LogP contribution in [0.1, 0.15) is 102 Å². The highest BCUT2D eigenvalue weighted by Gasteiger charge is 2.57. The number of carbonyl (C=O) groups excluding carboxylic acids is 2. The molecule has 4 aliphatic heterocycles. The zero-order chi connectivity index (χ0) is 44.5. The average molecular weight is 846 g/mol. The van der Waals surface area contributed by atoms with Crippen molar-refractivity contribution in [2.24, 2.45) is 17.8 Å². The molecule has 0 aromatic heterocycles. The minimum absolute atomic E-state index is 0.0767. The second-order valence-corrected chi connectivity index (χ2v) is 19.2.